The number of carbonyl (C=O) groups excluding carboxylic acids is 1. The number of hydrogen-bond donors (Lipinski definition) is 0. The van der Waals surface area contributed by atoms with Crippen LogP contribution < -0.4 is 4.74 Å². The molecule has 1 aliphatic rings. The normalized spacial score (nSPS) is 20.4. The van der Waals surface area contributed by atoms with Crippen LogP contribution in [0.3, 0.4) is 0 Å². The second-order valence-corrected chi connectivity index (χ2v) is 6.65. The summed E-state index contributed by atoms with van der Waals surface area (Å²) in [5.41, 5.74) is 1.00. The predicted octanol–water partition coefficient (Wildman–Crippen LogP) is 4.21. The monoisotopic (exact) mass is 374 g/mol. The Morgan fingerprint density at radius 2 is 2.04 bits per heavy atom. The summed E-state index contributed by atoms with van der Waals surface area (Å²) in [5, 5.41) is 0. The van der Waals surface area contributed by atoms with E-state index in [0.29, 0.717) is 13.0 Å². The van der Waals surface area contributed by atoms with Gasteiger partial charge in [0, 0.05) is 6.42 Å². The van der Waals surface area contributed by atoms with E-state index in [2.05, 4.69) is 20.1 Å². The summed E-state index contributed by atoms with van der Waals surface area (Å²) in [7, 11) is 1.63. The van der Waals surface area contributed by atoms with Gasteiger partial charge in [-0.05, 0) is 24.1 Å². The first-order chi connectivity index (χ1) is 13.1. The van der Waals surface area contributed by atoms with Crippen molar-refractivity contribution in [2.45, 2.75) is 63.6 Å². The highest BCUT2D eigenvalue weighted by Gasteiger charge is 2.38. The molecule has 0 aliphatic carbocycles. The molecule has 0 radical (unpaired) electrons. The Balaban J connectivity index is 1.77. The summed E-state index contributed by atoms with van der Waals surface area (Å²) in [6.07, 6.45) is 5.74. The number of carbonyl (C=O) groups is 1. The van der Waals surface area contributed by atoms with Crippen LogP contribution in [0.15, 0.2) is 49.6 Å². The van der Waals surface area contributed by atoms with Gasteiger partial charge < -0.3 is 18.9 Å². The average Bonchev–Trinajstić information content (AvgIpc) is 3.43. The maximum atomic E-state index is 12.3. The van der Waals surface area contributed by atoms with Crippen LogP contribution in [0.1, 0.15) is 38.2 Å². The number of epoxide rings is 1. The lowest BCUT2D eigenvalue weighted by Gasteiger charge is -2.19. The van der Waals surface area contributed by atoms with Crippen LogP contribution >= 0.6 is 0 Å². The number of rotatable bonds is 13. The van der Waals surface area contributed by atoms with Crippen LogP contribution in [0.2, 0.25) is 0 Å². The van der Waals surface area contributed by atoms with Gasteiger partial charge in [-0.1, -0.05) is 37.6 Å². The quantitative estimate of drug-likeness (QED) is 0.294. The molecule has 4 atom stereocenters. The van der Waals surface area contributed by atoms with Gasteiger partial charge in [-0.3, -0.25) is 4.79 Å². The van der Waals surface area contributed by atoms with Gasteiger partial charge in [-0.15, -0.1) is 13.2 Å². The minimum atomic E-state index is -0.389. The van der Waals surface area contributed by atoms with Gasteiger partial charge in [0.05, 0.1) is 32.3 Å². The molecule has 0 spiro atoms. The molecule has 1 saturated heterocycles. The van der Waals surface area contributed by atoms with E-state index < -0.39 is 0 Å². The van der Waals surface area contributed by atoms with Crippen molar-refractivity contribution in [3.63, 3.8) is 0 Å². The average molecular weight is 374 g/mol. The van der Waals surface area contributed by atoms with Crippen LogP contribution in [0.4, 0.5) is 0 Å². The lowest BCUT2D eigenvalue weighted by atomic mass is 10.1. The Hall–Kier alpha value is -2.11. The van der Waals surface area contributed by atoms with Crippen molar-refractivity contribution >= 4 is 5.97 Å². The molecule has 0 bridgehead atoms. The summed E-state index contributed by atoms with van der Waals surface area (Å²) in [4.78, 5) is 12.3. The first-order valence-electron chi connectivity index (χ1n) is 9.44. The molecule has 1 heterocycles. The van der Waals surface area contributed by atoms with E-state index in [1.54, 1.807) is 19.3 Å². The topological polar surface area (TPSA) is 57.3 Å². The van der Waals surface area contributed by atoms with Crippen LogP contribution in [0.25, 0.3) is 0 Å². The van der Waals surface area contributed by atoms with Gasteiger partial charge in [0.15, 0.2) is 0 Å². The molecule has 1 aliphatic heterocycles. The Kier molecular flexibility index (Phi) is 8.55. The molecule has 1 aromatic rings. The highest BCUT2D eigenvalue weighted by Crippen LogP contribution is 2.29. The van der Waals surface area contributed by atoms with Gasteiger partial charge in [0.1, 0.15) is 18.0 Å². The number of benzene rings is 1. The van der Waals surface area contributed by atoms with Gasteiger partial charge in [0.25, 0.3) is 0 Å². The van der Waals surface area contributed by atoms with Gasteiger partial charge >= 0.3 is 5.97 Å². The summed E-state index contributed by atoms with van der Waals surface area (Å²) in [6.45, 7) is 9.96. The summed E-state index contributed by atoms with van der Waals surface area (Å²) < 4.78 is 22.1. The van der Waals surface area contributed by atoms with Crippen LogP contribution in [0.5, 0.6) is 5.75 Å². The van der Waals surface area contributed by atoms with Crippen molar-refractivity contribution in [2.75, 3.05) is 7.11 Å². The molecule has 27 heavy (non-hydrogen) atoms. The Labute approximate surface area is 162 Å². The predicted molar refractivity (Wildman–Crippen MR) is 105 cm³/mol. The maximum absolute atomic E-state index is 12.3. The molecule has 148 valence electrons. The largest absolute Gasteiger partial charge is 0.497 e. The zero-order valence-corrected chi connectivity index (χ0v) is 16.3. The molecule has 5 nitrogen and oxygen atoms in total. The smallest absolute Gasteiger partial charge is 0.309 e. The highest BCUT2D eigenvalue weighted by atomic mass is 16.6. The molecule has 0 amide bonds. The van der Waals surface area contributed by atoms with Crippen molar-refractivity contribution < 1.29 is 23.7 Å². The Morgan fingerprint density at radius 3 is 2.59 bits per heavy atom. The standard InChI is InChI=1S/C22H30O5/c1-5-8-19(13-21-20(7-3)27-21)26-22(23)14-17(6-2)25-15-16-9-11-18(24-4)12-10-16/h6-7,9-12,17,19-21H,2-3,5,8,13-15H2,1,4H3/t17-,19+,20+,21-/m1/s1. The third kappa shape index (κ3) is 7.19. The maximum Gasteiger partial charge on any atom is 0.309 e. The van der Waals surface area contributed by atoms with E-state index in [1.807, 2.05) is 24.3 Å². The van der Waals surface area contributed by atoms with E-state index in [4.69, 9.17) is 18.9 Å². The zero-order valence-electron chi connectivity index (χ0n) is 16.3. The van der Waals surface area contributed by atoms with Gasteiger partial charge in [-0.2, -0.15) is 0 Å². The van der Waals surface area contributed by atoms with Crippen molar-refractivity contribution in [1.29, 1.82) is 0 Å². The number of hydrogen-bond acceptors (Lipinski definition) is 5. The number of methoxy groups -OCH3 is 1. The molecular formula is C22H30O5. The minimum absolute atomic E-state index is 0.0943. The molecule has 0 N–H and O–H groups in total. The van der Waals surface area contributed by atoms with Gasteiger partial charge in [-0.25, -0.2) is 0 Å². The van der Waals surface area contributed by atoms with Crippen molar-refractivity contribution in [2.24, 2.45) is 0 Å². The fraction of sp³-hybridized carbons (Fsp3) is 0.500. The number of ether oxygens (including phenoxy) is 4. The fourth-order valence-electron chi connectivity index (χ4n) is 2.89. The van der Waals surface area contributed by atoms with Crippen molar-refractivity contribution in [3.8, 4) is 5.75 Å². The van der Waals surface area contributed by atoms with E-state index in [1.165, 1.54) is 0 Å². The first kappa shape index (κ1) is 21.2. The zero-order chi connectivity index (χ0) is 19.6. The molecule has 1 fully saturated rings. The number of esters is 1. The third-order valence-electron chi connectivity index (χ3n) is 4.51. The second-order valence-electron chi connectivity index (χ2n) is 6.65. The molecule has 2 rings (SSSR count). The van der Waals surface area contributed by atoms with E-state index in [0.717, 1.165) is 24.2 Å². The molecule has 5 heteroatoms. The van der Waals surface area contributed by atoms with E-state index >= 15 is 0 Å². The molecular weight excluding hydrogens is 344 g/mol. The summed E-state index contributed by atoms with van der Waals surface area (Å²) in [5.74, 6) is 0.520. The summed E-state index contributed by atoms with van der Waals surface area (Å²) >= 11 is 0. The van der Waals surface area contributed by atoms with Crippen LogP contribution in [0, 0.1) is 0 Å². The lowest BCUT2D eigenvalue weighted by molar-refractivity contribution is -0.152. The SMILES string of the molecule is C=C[C@H](CC(=O)O[C@@H](CCC)C[C@H]1O[C@H]1C=C)OCc1ccc(OC)cc1. The highest BCUT2D eigenvalue weighted by molar-refractivity contribution is 5.70. The lowest BCUT2D eigenvalue weighted by Crippen LogP contribution is -2.24. The molecule has 0 aromatic heterocycles. The third-order valence-corrected chi connectivity index (χ3v) is 4.51. The van der Waals surface area contributed by atoms with E-state index in [-0.39, 0.29) is 36.8 Å². The van der Waals surface area contributed by atoms with Gasteiger partial charge in [0.2, 0.25) is 0 Å². The Morgan fingerprint density at radius 1 is 1.30 bits per heavy atom. The summed E-state index contributed by atoms with van der Waals surface area (Å²) in [6, 6.07) is 7.61. The van der Waals surface area contributed by atoms with Crippen LogP contribution in [-0.4, -0.2) is 37.5 Å². The Bertz CT molecular complexity index is 610. The molecule has 1 aromatic carbocycles. The van der Waals surface area contributed by atoms with Crippen molar-refractivity contribution in [1.82, 2.24) is 0 Å². The van der Waals surface area contributed by atoms with Crippen molar-refractivity contribution in [3.05, 3.63) is 55.1 Å². The minimum Gasteiger partial charge on any atom is -0.497 e. The molecule has 0 saturated carbocycles. The molecule has 0 unspecified atom stereocenters. The first-order valence-corrected chi connectivity index (χ1v) is 9.44. The fourth-order valence-corrected chi connectivity index (χ4v) is 2.89. The second kappa shape index (κ2) is 10.9. The van der Waals surface area contributed by atoms with E-state index in [9.17, 15) is 4.79 Å². The van der Waals surface area contributed by atoms with Crippen LogP contribution in [-0.2, 0) is 25.6 Å².